The number of rotatable bonds is 10. The standard InChI is InChI=1S/C23H35N5OS.HI/c1-24-23(25-17-19-8-6-9-20(16-19)29-14-13-27(2)3)26-18-21(22-10-7-15-30-22)28-11-4-5-12-28;/h6-10,15-16,21H,4-5,11-14,17-18H2,1-3H3,(H2,24,25,26);1H. The predicted molar refractivity (Wildman–Crippen MR) is 142 cm³/mol. The average molecular weight is 558 g/mol. The van der Waals surface area contributed by atoms with Crippen LogP contribution in [-0.2, 0) is 6.54 Å². The first-order valence-corrected chi connectivity index (χ1v) is 11.6. The lowest BCUT2D eigenvalue weighted by atomic mass is 10.2. The fourth-order valence-electron chi connectivity index (χ4n) is 3.63. The van der Waals surface area contributed by atoms with Gasteiger partial charge >= 0.3 is 0 Å². The molecule has 1 saturated heterocycles. The van der Waals surface area contributed by atoms with Crippen LogP contribution in [0.4, 0.5) is 0 Å². The van der Waals surface area contributed by atoms with Crippen molar-refractivity contribution in [3.8, 4) is 5.75 Å². The third-order valence-corrected chi connectivity index (χ3v) is 6.28. The number of thiophene rings is 1. The van der Waals surface area contributed by atoms with Gasteiger partial charge in [-0.3, -0.25) is 9.89 Å². The molecule has 172 valence electrons. The Balaban J connectivity index is 0.00000341. The van der Waals surface area contributed by atoms with Crippen molar-refractivity contribution in [2.24, 2.45) is 4.99 Å². The normalized spacial score (nSPS) is 15.5. The van der Waals surface area contributed by atoms with Gasteiger partial charge in [0.2, 0.25) is 0 Å². The molecule has 0 amide bonds. The summed E-state index contributed by atoms with van der Waals surface area (Å²) in [6.07, 6.45) is 2.59. The second-order valence-electron chi connectivity index (χ2n) is 7.88. The first kappa shape index (κ1) is 25.9. The summed E-state index contributed by atoms with van der Waals surface area (Å²) < 4.78 is 5.85. The van der Waals surface area contributed by atoms with Gasteiger partial charge in [0.05, 0.1) is 6.04 Å². The van der Waals surface area contributed by atoms with Gasteiger partial charge in [0.15, 0.2) is 5.96 Å². The van der Waals surface area contributed by atoms with Gasteiger partial charge in [-0.15, -0.1) is 35.3 Å². The minimum Gasteiger partial charge on any atom is -0.492 e. The zero-order valence-corrected chi connectivity index (χ0v) is 22.0. The largest absolute Gasteiger partial charge is 0.492 e. The zero-order valence-electron chi connectivity index (χ0n) is 18.8. The van der Waals surface area contributed by atoms with Gasteiger partial charge in [0.1, 0.15) is 12.4 Å². The number of likely N-dealkylation sites (tertiary alicyclic amines) is 1. The van der Waals surface area contributed by atoms with Crippen LogP contribution in [-0.4, -0.2) is 69.7 Å². The number of hydrogen-bond donors (Lipinski definition) is 2. The number of benzene rings is 1. The fourth-order valence-corrected chi connectivity index (χ4v) is 4.50. The monoisotopic (exact) mass is 557 g/mol. The highest BCUT2D eigenvalue weighted by atomic mass is 127. The van der Waals surface area contributed by atoms with Crippen molar-refractivity contribution in [1.29, 1.82) is 0 Å². The van der Waals surface area contributed by atoms with Crippen LogP contribution in [0, 0.1) is 0 Å². The number of nitrogens with one attached hydrogen (secondary N) is 2. The number of aliphatic imine (C=N–C) groups is 1. The van der Waals surface area contributed by atoms with Crippen molar-refractivity contribution in [2.45, 2.75) is 25.4 Å². The van der Waals surface area contributed by atoms with Crippen LogP contribution >= 0.6 is 35.3 Å². The van der Waals surface area contributed by atoms with Crippen LogP contribution in [0.25, 0.3) is 0 Å². The van der Waals surface area contributed by atoms with Crippen LogP contribution in [0.15, 0.2) is 46.8 Å². The van der Waals surface area contributed by atoms with Crippen LogP contribution in [0.1, 0.15) is 29.3 Å². The maximum Gasteiger partial charge on any atom is 0.191 e. The summed E-state index contributed by atoms with van der Waals surface area (Å²) in [5, 5.41) is 9.14. The van der Waals surface area contributed by atoms with Crippen molar-refractivity contribution < 1.29 is 4.74 Å². The van der Waals surface area contributed by atoms with E-state index in [1.807, 2.05) is 30.5 Å². The quantitative estimate of drug-likeness (QED) is 0.265. The first-order valence-electron chi connectivity index (χ1n) is 10.7. The number of hydrogen-bond acceptors (Lipinski definition) is 5. The first-order chi connectivity index (χ1) is 14.7. The maximum atomic E-state index is 5.85. The molecule has 31 heavy (non-hydrogen) atoms. The van der Waals surface area contributed by atoms with Crippen molar-refractivity contribution in [3.63, 3.8) is 0 Å². The Labute approximate surface area is 208 Å². The van der Waals surface area contributed by atoms with E-state index in [9.17, 15) is 0 Å². The molecular weight excluding hydrogens is 521 g/mol. The molecule has 0 radical (unpaired) electrons. The van der Waals surface area contributed by atoms with Crippen LogP contribution in [0.5, 0.6) is 5.75 Å². The third kappa shape index (κ3) is 8.59. The number of nitrogens with zero attached hydrogens (tertiary/aromatic N) is 3. The molecule has 3 rings (SSSR count). The molecule has 0 aliphatic carbocycles. The van der Waals surface area contributed by atoms with Crippen molar-refractivity contribution in [3.05, 3.63) is 52.2 Å². The Bertz CT molecular complexity index is 778. The summed E-state index contributed by atoms with van der Waals surface area (Å²) in [6.45, 7) is 5.51. The van der Waals surface area contributed by atoms with Crippen LogP contribution < -0.4 is 15.4 Å². The summed E-state index contributed by atoms with van der Waals surface area (Å²) >= 11 is 1.84. The van der Waals surface area contributed by atoms with Crippen molar-refractivity contribution in [2.75, 3.05) is 53.9 Å². The molecule has 0 spiro atoms. The van der Waals surface area contributed by atoms with Crippen molar-refractivity contribution >= 4 is 41.3 Å². The van der Waals surface area contributed by atoms with Crippen LogP contribution in [0.3, 0.4) is 0 Å². The van der Waals surface area contributed by atoms with E-state index in [4.69, 9.17) is 4.74 Å². The molecular formula is C23H36IN5OS. The lowest BCUT2D eigenvalue weighted by Gasteiger charge is -2.27. The Kier molecular flexibility index (Phi) is 11.6. The molecule has 1 aromatic carbocycles. The summed E-state index contributed by atoms with van der Waals surface area (Å²) in [5.41, 5.74) is 1.18. The van der Waals surface area contributed by atoms with Gasteiger partial charge in [0.25, 0.3) is 0 Å². The van der Waals surface area contributed by atoms with Gasteiger partial charge in [0, 0.05) is 31.6 Å². The molecule has 2 aromatic rings. The van der Waals surface area contributed by atoms with E-state index in [2.05, 4.69) is 69.2 Å². The second kappa shape index (κ2) is 13.9. The van der Waals surface area contributed by atoms with Gasteiger partial charge in [-0.25, -0.2) is 0 Å². The Morgan fingerprint density at radius 1 is 1.19 bits per heavy atom. The fraction of sp³-hybridized carbons (Fsp3) is 0.522. The highest BCUT2D eigenvalue weighted by Crippen LogP contribution is 2.27. The predicted octanol–water partition coefficient (Wildman–Crippen LogP) is 3.81. The SMILES string of the molecule is CN=C(NCc1cccc(OCCN(C)C)c1)NCC(c1cccs1)N1CCCC1.I. The van der Waals surface area contributed by atoms with Crippen LogP contribution in [0.2, 0.25) is 0 Å². The van der Waals surface area contributed by atoms with E-state index in [1.54, 1.807) is 0 Å². The average Bonchev–Trinajstić information content (AvgIpc) is 3.45. The summed E-state index contributed by atoms with van der Waals surface area (Å²) in [7, 11) is 5.93. The Morgan fingerprint density at radius 3 is 2.68 bits per heavy atom. The molecule has 1 aromatic heterocycles. The minimum absolute atomic E-state index is 0. The van der Waals surface area contributed by atoms with E-state index in [1.165, 1.54) is 36.4 Å². The molecule has 6 nitrogen and oxygen atoms in total. The van der Waals surface area contributed by atoms with Gasteiger partial charge in [-0.1, -0.05) is 18.2 Å². The molecule has 1 fully saturated rings. The van der Waals surface area contributed by atoms with E-state index in [-0.39, 0.29) is 24.0 Å². The number of ether oxygens (including phenoxy) is 1. The number of guanidine groups is 1. The highest BCUT2D eigenvalue weighted by molar-refractivity contribution is 14.0. The van der Waals surface area contributed by atoms with Crippen molar-refractivity contribution in [1.82, 2.24) is 20.4 Å². The summed E-state index contributed by atoms with van der Waals surface area (Å²) in [6, 6.07) is 13.0. The molecule has 0 saturated carbocycles. The molecule has 1 aliphatic heterocycles. The Hall–Kier alpha value is -1.36. The Morgan fingerprint density at radius 2 is 2.00 bits per heavy atom. The van der Waals surface area contributed by atoms with E-state index in [0.29, 0.717) is 19.2 Å². The molecule has 0 bridgehead atoms. The minimum atomic E-state index is 0. The second-order valence-corrected chi connectivity index (χ2v) is 8.86. The molecule has 2 heterocycles. The summed E-state index contributed by atoms with van der Waals surface area (Å²) in [4.78, 5) is 10.5. The summed E-state index contributed by atoms with van der Waals surface area (Å²) in [5.74, 6) is 1.74. The molecule has 8 heteroatoms. The topological polar surface area (TPSA) is 52.1 Å². The smallest absolute Gasteiger partial charge is 0.191 e. The van der Waals surface area contributed by atoms with Gasteiger partial charge in [-0.05, 0) is 69.2 Å². The number of halogens is 1. The molecule has 1 unspecified atom stereocenters. The molecule has 1 atom stereocenters. The lowest BCUT2D eigenvalue weighted by Crippen LogP contribution is -2.42. The van der Waals surface area contributed by atoms with E-state index in [0.717, 1.165) is 24.8 Å². The zero-order chi connectivity index (χ0) is 21.2. The van der Waals surface area contributed by atoms with E-state index < -0.39 is 0 Å². The van der Waals surface area contributed by atoms with Gasteiger partial charge < -0.3 is 20.3 Å². The molecule has 2 N–H and O–H groups in total. The molecule has 1 aliphatic rings. The lowest BCUT2D eigenvalue weighted by molar-refractivity contribution is 0.249. The maximum absolute atomic E-state index is 5.85. The van der Waals surface area contributed by atoms with E-state index >= 15 is 0 Å². The third-order valence-electron chi connectivity index (χ3n) is 5.31. The number of likely N-dealkylation sites (N-methyl/N-ethyl adjacent to an activating group) is 1. The highest BCUT2D eigenvalue weighted by Gasteiger charge is 2.24. The van der Waals surface area contributed by atoms with Gasteiger partial charge in [-0.2, -0.15) is 0 Å².